The van der Waals surface area contributed by atoms with Crippen molar-refractivity contribution in [2.75, 3.05) is 6.61 Å². The minimum atomic E-state index is -1.30. The normalized spacial score (nSPS) is 13.7. The smallest absolute Gasteiger partial charge is 0.407 e. The molecule has 1 atom stereocenters. The van der Waals surface area contributed by atoms with Crippen molar-refractivity contribution in [3.05, 3.63) is 59.7 Å². The number of amides is 2. The molecule has 182 valence electrons. The number of carboxylic acids is 1. The van der Waals surface area contributed by atoms with Gasteiger partial charge in [0.05, 0.1) is 0 Å². The van der Waals surface area contributed by atoms with Crippen molar-refractivity contribution in [2.45, 2.75) is 64.5 Å². The van der Waals surface area contributed by atoms with Gasteiger partial charge in [-0.05, 0) is 41.0 Å². The third-order valence-corrected chi connectivity index (χ3v) is 6.85. The Balaban J connectivity index is 1.63. The second kappa shape index (κ2) is 10.7. The maximum absolute atomic E-state index is 12.7. The van der Waals surface area contributed by atoms with Crippen molar-refractivity contribution in [3.8, 4) is 11.1 Å². The summed E-state index contributed by atoms with van der Waals surface area (Å²) in [6.45, 7) is 7.43. The standard InChI is InChI=1S/C27H34N2O5/c1-5-27(6-2,25(31)32)29-24(30)15-23(17(3)4)28-26(33)34-16-22-20-13-9-7-11-18(20)19-12-8-10-14-21(19)22/h7-14,17,22-23H,5-6,15-16H2,1-4H3,(H,28,33)(H,29,30)(H,31,32). The van der Waals surface area contributed by atoms with E-state index in [0.717, 1.165) is 22.3 Å². The van der Waals surface area contributed by atoms with Crippen LogP contribution < -0.4 is 10.6 Å². The van der Waals surface area contributed by atoms with Crippen LogP contribution >= 0.6 is 0 Å². The van der Waals surface area contributed by atoms with Crippen LogP contribution in [0.2, 0.25) is 0 Å². The number of benzene rings is 2. The van der Waals surface area contributed by atoms with Crippen LogP contribution in [0, 0.1) is 5.92 Å². The van der Waals surface area contributed by atoms with E-state index in [1.807, 2.05) is 38.1 Å². The highest BCUT2D eigenvalue weighted by Gasteiger charge is 2.37. The largest absolute Gasteiger partial charge is 0.480 e. The highest BCUT2D eigenvalue weighted by atomic mass is 16.5. The summed E-state index contributed by atoms with van der Waals surface area (Å²) in [4.78, 5) is 37.0. The van der Waals surface area contributed by atoms with Crippen LogP contribution in [-0.2, 0) is 14.3 Å². The molecule has 34 heavy (non-hydrogen) atoms. The van der Waals surface area contributed by atoms with E-state index >= 15 is 0 Å². The highest BCUT2D eigenvalue weighted by molar-refractivity contribution is 5.87. The van der Waals surface area contributed by atoms with E-state index in [1.54, 1.807) is 13.8 Å². The van der Waals surface area contributed by atoms with E-state index in [9.17, 15) is 19.5 Å². The highest BCUT2D eigenvalue weighted by Crippen LogP contribution is 2.44. The number of fused-ring (bicyclic) bond motifs is 3. The Kier molecular flexibility index (Phi) is 7.97. The molecule has 3 rings (SSSR count). The lowest BCUT2D eigenvalue weighted by Crippen LogP contribution is -2.55. The Hall–Kier alpha value is -3.35. The topological polar surface area (TPSA) is 105 Å². The van der Waals surface area contributed by atoms with Gasteiger partial charge in [0.1, 0.15) is 12.1 Å². The van der Waals surface area contributed by atoms with E-state index in [1.165, 1.54) is 0 Å². The van der Waals surface area contributed by atoms with Crippen molar-refractivity contribution in [2.24, 2.45) is 5.92 Å². The molecule has 0 heterocycles. The quantitative estimate of drug-likeness (QED) is 0.471. The molecule has 1 aliphatic carbocycles. The van der Waals surface area contributed by atoms with Gasteiger partial charge in [-0.25, -0.2) is 9.59 Å². The Labute approximate surface area is 200 Å². The summed E-state index contributed by atoms with van der Waals surface area (Å²) in [7, 11) is 0. The first kappa shape index (κ1) is 25.3. The number of carboxylic acid groups (broad SMARTS) is 1. The summed E-state index contributed by atoms with van der Waals surface area (Å²) in [6, 6.07) is 15.7. The number of aliphatic carboxylic acids is 1. The molecule has 0 bridgehead atoms. The van der Waals surface area contributed by atoms with Gasteiger partial charge in [-0.2, -0.15) is 0 Å². The minimum Gasteiger partial charge on any atom is -0.480 e. The molecule has 2 aromatic carbocycles. The Morgan fingerprint density at radius 2 is 1.50 bits per heavy atom. The third-order valence-electron chi connectivity index (χ3n) is 6.85. The molecule has 0 aromatic heterocycles. The SMILES string of the molecule is CCC(CC)(NC(=O)CC(NC(=O)OCC1c2ccccc2-c2ccccc21)C(C)C)C(=O)O. The summed E-state index contributed by atoms with van der Waals surface area (Å²) in [5.74, 6) is -1.57. The van der Waals surface area contributed by atoms with Gasteiger partial charge in [0, 0.05) is 18.4 Å². The number of alkyl carbamates (subject to hydrolysis) is 1. The van der Waals surface area contributed by atoms with Crippen LogP contribution in [0.3, 0.4) is 0 Å². The summed E-state index contributed by atoms with van der Waals surface area (Å²) in [5.41, 5.74) is 3.25. The van der Waals surface area contributed by atoms with E-state index in [0.29, 0.717) is 0 Å². The Morgan fingerprint density at radius 1 is 0.971 bits per heavy atom. The molecule has 0 saturated carbocycles. The maximum Gasteiger partial charge on any atom is 0.407 e. The van der Waals surface area contributed by atoms with Gasteiger partial charge in [0.15, 0.2) is 0 Å². The molecule has 3 N–H and O–H groups in total. The third kappa shape index (κ3) is 5.24. The first-order valence-electron chi connectivity index (χ1n) is 11.9. The molecule has 0 saturated heterocycles. The monoisotopic (exact) mass is 466 g/mol. The molecular weight excluding hydrogens is 432 g/mol. The van der Waals surface area contributed by atoms with Gasteiger partial charge in [0.25, 0.3) is 0 Å². The number of ether oxygens (including phenoxy) is 1. The van der Waals surface area contributed by atoms with Crippen molar-refractivity contribution in [3.63, 3.8) is 0 Å². The van der Waals surface area contributed by atoms with Crippen molar-refractivity contribution >= 4 is 18.0 Å². The van der Waals surface area contributed by atoms with E-state index < -0.39 is 29.6 Å². The lowest BCUT2D eigenvalue weighted by molar-refractivity contribution is -0.148. The Bertz CT molecular complexity index is 999. The first-order chi connectivity index (χ1) is 16.2. The summed E-state index contributed by atoms with van der Waals surface area (Å²) < 4.78 is 5.61. The Morgan fingerprint density at radius 3 is 1.97 bits per heavy atom. The van der Waals surface area contributed by atoms with Gasteiger partial charge in [-0.1, -0.05) is 76.2 Å². The fourth-order valence-electron chi connectivity index (χ4n) is 4.55. The van der Waals surface area contributed by atoms with Crippen molar-refractivity contribution < 1.29 is 24.2 Å². The minimum absolute atomic E-state index is 0.0309. The summed E-state index contributed by atoms with van der Waals surface area (Å²) in [5, 5.41) is 15.0. The van der Waals surface area contributed by atoms with Crippen LogP contribution in [-0.4, -0.2) is 41.3 Å². The van der Waals surface area contributed by atoms with Gasteiger partial charge < -0.3 is 20.5 Å². The molecule has 0 spiro atoms. The van der Waals surface area contributed by atoms with Crippen LogP contribution in [0.5, 0.6) is 0 Å². The van der Waals surface area contributed by atoms with Gasteiger partial charge >= 0.3 is 12.1 Å². The molecule has 0 radical (unpaired) electrons. The number of hydrogen-bond donors (Lipinski definition) is 3. The van der Waals surface area contributed by atoms with Crippen LogP contribution in [0.1, 0.15) is 64.0 Å². The van der Waals surface area contributed by atoms with Gasteiger partial charge in [0.2, 0.25) is 5.91 Å². The fraction of sp³-hybridized carbons (Fsp3) is 0.444. The van der Waals surface area contributed by atoms with Gasteiger partial charge in [-0.15, -0.1) is 0 Å². The zero-order valence-electron chi connectivity index (χ0n) is 20.3. The molecule has 0 fully saturated rings. The molecule has 1 unspecified atom stereocenters. The zero-order chi connectivity index (χ0) is 24.9. The lowest BCUT2D eigenvalue weighted by atomic mass is 9.92. The second-order valence-electron chi connectivity index (χ2n) is 9.17. The number of hydrogen-bond acceptors (Lipinski definition) is 4. The number of carbonyl (C=O) groups is 3. The van der Waals surface area contributed by atoms with Gasteiger partial charge in [-0.3, -0.25) is 4.79 Å². The summed E-state index contributed by atoms with van der Waals surface area (Å²) >= 11 is 0. The predicted octanol–water partition coefficient (Wildman–Crippen LogP) is 4.70. The lowest BCUT2D eigenvalue weighted by Gasteiger charge is -2.29. The maximum atomic E-state index is 12.7. The average Bonchev–Trinajstić information content (AvgIpc) is 3.14. The molecule has 2 amide bonds. The van der Waals surface area contributed by atoms with Crippen LogP contribution in [0.15, 0.2) is 48.5 Å². The van der Waals surface area contributed by atoms with Crippen molar-refractivity contribution in [1.82, 2.24) is 10.6 Å². The van der Waals surface area contributed by atoms with Crippen LogP contribution in [0.25, 0.3) is 11.1 Å². The summed E-state index contributed by atoms with van der Waals surface area (Å²) in [6.07, 6.45) is -0.0755. The fourth-order valence-corrected chi connectivity index (χ4v) is 4.55. The van der Waals surface area contributed by atoms with E-state index in [2.05, 4.69) is 34.9 Å². The molecule has 0 aliphatic heterocycles. The first-order valence-corrected chi connectivity index (χ1v) is 11.9. The van der Waals surface area contributed by atoms with E-state index in [-0.39, 0.29) is 37.7 Å². The number of rotatable bonds is 10. The molecular formula is C27H34N2O5. The van der Waals surface area contributed by atoms with Crippen LogP contribution in [0.4, 0.5) is 4.79 Å². The molecule has 7 nitrogen and oxygen atoms in total. The number of carbonyl (C=O) groups excluding carboxylic acids is 2. The van der Waals surface area contributed by atoms with Crippen molar-refractivity contribution in [1.29, 1.82) is 0 Å². The van der Waals surface area contributed by atoms with E-state index in [4.69, 9.17) is 4.74 Å². The zero-order valence-corrected chi connectivity index (χ0v) is 20.3. The average molecular weight is 467 g/mol. The second-order valence-corrected chi connectivity index (χ2v) is 9.17. The number of nitrogens with one attached hydrogen (secondary N) is 2. The molecule has 1 aliphatic rings. The predicted molar refractivity (Wildman–Crippen MR) is 131 cm³/mol. The molecule has 7 heteroatoms. The molecule has 2 aromatic rings.